The van der Waals surface area contributed by atoms with E-state index in [-0.39, 0.29) is 12.2 Å². The molecule has 1 saturated carbocycles. The van der Waals surface area contributed by atoms with E-state index in [1.165, 1.54) is 18.1 Å². The number of aromatic nitrogens is 1. The van der Waals surface area contributed by atoms with Crippen LogP contribution in [0.4, 0.5) is 29.5 Å². The van der Waals surface area contributed by atoms with E-state index >= 15 is 0 Å². The molecule has 0 radical (unpaired) electrons. The number of likely N-dealkylation sites (tertiary alicyclic amines) is 1. The number of imide groups is 1. The van der Waals surface area contributed by atoms with Gasteiger partial charge in [0, 0.05) is 24.0 Å². The quantitative estimate of drug-likeness (QED) is 0.511. The van der Waals surface area contributed by atoms with Crippen LogP contribution in [0.5, 0.6) is 0 Å². The average molecular weight is 552 g/mol. The number of urea groups is 1. The first kappa shape index (κ1) is 27.7. The molecule has 1 aromatic heterocycles. The highest BCUT2D eigenvalue weighted by Crippen LogP contribution is 2.37. The van der Waals surface area contributed by atoms with Gasteiger partial charge in [-0.1, -0.05) is 30.9 Å². The first-order chi connectivity index (χ1) is 18.0. The lowest BCUT2D eigenvalue weighted by molar-refractivity contribution is -0.170. The summed E-state index contributed by atoms with van der Waals surface area (Å²) >= 11 is 5.94. The Balaban J connectivity index is 1.60. The Morgan fingerprint density at radius 2 is 1.84 bits per heavy atom. The molecule has 4 amide bonds. The molecule has 2 heterocycles. The highest BCUT2D eigenvalue weighted by atomic mass is 35.5. The van der Waals surface area contributed by atoms with Crippen molar-refractivity contribution in [2.24, 2.45) is 11.8 Å². The molecule has 1 saturated heterocycles. The predicted octanol–water partition coefficient (Wildman–Crippen LogP) is 4.57. The molecule has 2 fully saturated rings. The van der Waals surface area contributed by atoms with Gasteiger partial charge >= 0.3 is 12.2 Å². The van der Waals surface area contributed by atoms with Crippen LogP contribution in [0.2, 0.25) is 5.02 Å². The second-order valence-electron chi connectivity index (χ2n) is 9.79. The van der Waals surface area contributed by atoms with Crippen LogP contribution >= 0.6 is 11.6 Å². The van der Waals surface area contributed by atoms with E-state index in [4.69, 9.17) is 17.3 Å². The first-order valence-electron chi connectivity index (χ1n) is 12.4. The summed E-state index contributed by atoms with van der Waals surface area (Å²) in [5.41, 5.74) is 6.79. The van der Waals surface area contributed by atoms with Crippen molar-refractivity contribution in [1.82, 2.24) is 15.2 Å². The van der Waals surface area contributed by atoms with Crippen molar-refractivity contribution < 1.29 is 27.6 Å². The van der Waals surface area contributed by atoms with E-state index in [0.717, 1.165) is 6.42 Å². The molecule has 1 aromatic carbocycles. The molecule has 3 N–H and O–H groups in total. The summed E-state index contributed by atoms with van der Waals surface area (Å²) in [5, 5.41) is 2.49. The Kier molecular flexibility index (Phi) is 8.15. The lowest BCUT2D eigenvalue weighted by Crippen LogP contribution is -2.71. The third-order valence-electron chi connectivity index (χ3n) is 7.28. The van der Waals surface area contributed by atoms with Crippen molar-refractivity contribution in [3.05, 3.63) is 53.2 Å². The van der Waals surface area contributed by atoms with E-state index in [1.807, 2.05) is 5.32 Å². The topological polar surface area (TPSA) is 109 Å². The first-order valence-corrected chi connectivity index (χ1v) is 12.8. The number of pyridine rings is 1. The zero-order valence-electron chi connectivity index (χ0n) is 20.7. The van der Waals surface area contributed by atoms with E-state index < -0.39 is 47.9 Å². The van der Waals surface area contributed by atoms with E-state index in [1.54, 1.807) is 36.4 Å². The van der Waals surface area contributed by atoms with Crippen LogP contribution in [-0.4, -0.2) is 53.0 Å². The fourth-order valence-corrected chi connectivity index (χ4v) is 5.39. The molecule has 12 heteroatoms. The van der Waals surface area contributed by atoms with Gasteiger partial charge in [-0.05, 0) is 67.1 Å². The lowest BCUT2D eigenvalue weighted by Gasteiger charge is -2.46. The van der Waals surface area contributed by atoms with Gasteiger partial charge < -0.3 is 16.0 Å². The molecule has 1 aliphatic carbocycles. The van der Waals surface area contributed by atoms with Gasteiger partial charge in [0.15, 0.2) is 0 Å². The maximum Gasteiger partial charge on any atom is 0.408 e. The molecule has 2 aliphatic rings. The predicted molar refractivity (Wildman–Crippen MR) is 136 cm³/mol. The van der Waals surface area contributed by atoms with Crippen molar-refractivity contribution in [2.45, 2.75) is 56.8 Å². The summed E-state index contributed by atoms with van der Waals surface area (Å²) in [5.74, 6) is -2.89. The van der Waals surface area contributed by atoms with Crippen LogP contribution < -0.4 is 16.0 Å². The Morgan fingerprint density at radius 1 is 1.18 bits per heavy atom. The number of alkyl halides is 3. The molecule has 8 nitrogen and oxygen atoms in total. The van der Waals surface area contributed by atoms with Crippen LogP contribution in [0.25, 0.3) is 0 Å². The number of halogens is 4. The number of carbonyl (C=O) groups is 3. The maximum atomic E-state index is 14.0. The second kappa shape index (κ2) is 11.2. The third-order valence-corrected chi connectivity index (χ3v) is 7.54. The minimum atomic E-state index is -4.70. The number of anilines is 2. The fourth-order valence-electron chi connectivity index (χ4n) is 5.26. The van der Waals surface area contributed by atoms with Crippen molar-refractivity contribution in [2.75, 3.05) is 17.7 Å². The van der Waals surface area contributed by atoms with E-state index in [2.05, 4.69) is 4.98 Å². The minimum Gasteiger partial charge on any atom is -0.384 e. The molecular formula is C26H29ClF3N5O3. The molecule has 3 atom stereocenters. The summed E-state index contributed by atoms with van der Waals surface area (Å²) in [6, 6.07) is 4.86. The van der Waals surface area contributed by atoms with Crippen LogP contribution in [-0.2, 0) is 16.0 Å². The largest absolute Gasteiger partial charge is 0.408 e. The second-order valence-corrected chi connectivity index (χ2v) is 10.2. The van der Waals surface area contributed by atoms with E-state index in [0.29, 0.717) is 46.9 Å². The number of nitrogens with one attached hydrogen (secondary N) is 1. The van der Waals surface area contributed by atoms with Gasteiger partial charge in [-0.25, -0.2) is 9.78 Å². The highest BCUT2D eigenvalue weighted by molar-refractivity contribution is 6.30. The summed E-state index contributed by atoms with van der Waals surface area (Å²) < 4.78 is 41.9. The van der Waals surface area contributed by atoms with Gasteiger partial charge in [-0.3, -0.25) is 14.5 Å². The van der Waals surface area contributed by atoms with Gasteiger partial charge in [0.05, 0.1) is 5.92 Å². The summed E-state index contributed by atoms with van der Waals surface area (Å²) in [6.45, 7) is 0. The molecule has 1 aliphatic heterocycles. The Morgan fingerprint density at radius 3 is 2.45 bits per heavy atom. The number of benzene rings is 1. The zero-order chi connectivity index (χ0) is 27.6. The van der Waals surface area contributed by atoms with Gasteiger partial charge in [0.2, 0.25) is 5.91 Å². The van der Waals surface area contributed by atoms with Crippen LogP contribution in [0.15, 0.2) is 42.6 Å². The molecular weight excluding hydrogens is 523 g/mol. The summed E-state index contributed by atoms with van der Waals surface area (Å²) in [4.78, 5) is 45.7. The number of nitrogen functional groups attached to an aromatic ring is 1. The fraction of sp³-hybridized carbons (Fsp3) is 0.462. The highest BCUT2D eigenvalue weighted by Gasteiger charge is 2.56. The number of carbonyl (C=O) groups excluding carboxylic acids is 3. The summed E-state index contributed by atoms with van der Waals surface area (Å²) in [6.07, 6.45) is -0.412. The van der Waals surface area contributed by atoms with Crippen molar-refractivity contribution >= 4 is 41.0 Å². The number of amides is 4. The molecule has 38 heavy (non-hydrogen) atoms. The standard InChI is InChI=1S/C26H29ClF3N5O3/c1-34(18-9-7-17(27)8-10-18)24(37)21-19(13-15-11-12-32-20(31)14-15)23(36)35(21)25(38)33-22(26(28,29)30)16-5-3-2-4-6-16/h7-12,14,16,19,21-22H,2-6,13H2,1H3,(H2,31,32)(H,33,38)/t19-,21-,22-/m0/s1. The van der Waals surface area contributed by atoms with Gasteiger partial charge in [-0.2, -0.15) is 13.2 Å². The molecule has 2 aromatic rings. The van der Waals surface area contributed by atoms with Gasteiger partial charge in [-0.15, -0.1) is 0 Å². The molecule has 0 unspecified atom stereocenters. The number of nitrogens with two attached hydrogens (primary N) is 1. The molecule has 204 valence electrons. The molecule has 0 spiro atoms. The molecule has 4 rings (SSSR count). The number of likely N-dealkylation sites (N-methyl/N-ethyl adjacent to an activating group) is 1. The minimum absolute atomic E-state index is 0.0610. The number of hydrogen-bond donors (Lipinski definition) is 2. The smallest absolute Gasteiger partial charge is 0.384 e. The molecule has 0 bridgehead atoms. The third kappa shape index (κ3) is 5.87. The normalized spacial score (nSPS) is 21.0. The summed E-state index contributed by atoms with van der Waals surface area (Å²) in [7, 11) is 1.46. The Labute approximate surface area is 223 Å². The SMILES string of the molecule is CN(C(=O)[C@@H]1[C@H](Cc2ccnc(N)c2)C(=O)N1C(=O)N[C@@H](C1CCCCC1)C(F)(F)F)c1ccc(Cl)cc1. The number of hydrogen-bond acceptors (Lipinski definition) is 5. The van der Waals surface area contributed by atoms with Gasteiger partial charge in [0.1, 0.15) is 17.9 Å². The Hall–Kier alpha value is -3.34. The van der Waals surface area contributed by atoms with Crippen molar-refractivity contribution in [1.29, 1.82) is 0 Å². The lowest BCUT2D eigenvalue weighted by atomic mass is 9.81. The zero-order valence-corrected chi connectivity index (χ0v) is 21.5. The van der Waals surface area contributed by atoms with Crippen LogP contribution in [0, 0.1) is 11.8 Å². The average Bonchev–Trinajstić information content (AvgIpc) is 2.88. The van der Waals surface area contributed by atoms with Gasteiger partial charge in [0.25, 0.3) is 5.91 Å². The van der Waals surface area contributed by atoms with Crippen LogP contribution in [0.1, 0.15) is 37.7 Å². The number of β-lactam (4-membered cyclic amide) rings is 1. The monoisotopic (exact) mass is 551 g/mol. The van der Waals surface area contributed by atoms with Crippen LogP contribution in [0.3, 0.4) is 0 Å². The van der Waals surface area contributed by atoms with Crippen molar-refractivity contribution in [3.8, 4) is 0 Å². The number of rotatable bonds is 6. The Bertz CT molecular complexity index is 1190. The van der Waals surface area contributed by atoms with E-state index in [9.17, 15) is 27.6 Å². The van der Waals surface area contributed by atoms with Crippen molar-refractivity contribution in [3.63, 3.8) is 0 Å². The number of nitrogens with zero attached hydrogens (tertiary/aromatic N) is 3. The maximum absolute atomic E-state index is 14.0.